The highest BCUT2D eigenvalue weighted by atomic mass is 32.2. The van der Waals surface area contributed by atoms with Gasteiger partial charge in [0.15, 0.2) is 0 Å². The number of rotatable bonds is 7. The van der Waals surface area contributed by atoms with Crippen LogP contribution < -0.4 is 9.46 Å². The first-order valence-electron chi connectivity index (χ1n) is 9.51. The molecule has 8 heteroatoms. The molecule has 0 radical (unpaired) electrons. The quantitative estimate of drug-likeness (QED) is 0.749. The minimum Gasteiger partial charge on any atom is -0.497 e. The lowest BCUT2D eigenvalue weighted by molar-refractivity contribution is -0.132. The van der Waals surface area contributed by atoms with Crippen molar-refractivity contribution in [1.29, 1.82) is 0 Å². The molecule has 2 aromatic rings. The molecule has 1 aliphatic heterocycles. The molecule has 2 aromatic carbocycles. The number of methoxy groups -OCH3 is 1. The molecule has 0 aromatic heterocycles. The normalized spacial score (nSPS) is 16.4. The standard InChI is InChI=1S/C21H25N3O4S/c1-4-21(25)24-20(16-7-6-8-18(13-16)28-3)14-19(22-24)15-9-11-17(12-10-15)23-29(26,27)5-2/h6-13,20,23H,4-5,14H2,1-3H3/t20-/m1/s1. The highest BCUT2D eigenvalue weighted by molar-refractivity contribution is 7.92. The van der Waals surface area contributed by atoms with Crippen molar-refractivity contribution in [2.75, 3.05) is 17.6 Å². The summed E-state index contributed by atoms with van der Waals surface area (Å²) in [4.78, 5) is 12.5. The zero-order valence-corrected chi connectivity index (χ0v) is 17.6. The van der Waals surface area contributed by atoms with Gasteiger partial charge in [-0.15, -0.1) is 0 Å². The highest BCUT2D eigenvalue weighted by Gasteiger charge is 2.32. The Kier molecular flexibility index (Phi) is 6.22. The lowest BCUT2D eigenvalue weighted by atomic mass is 9.98. The van der Waals surface area contributed by atoms with Crippen LogP contribution in [0.5, 0.6) is 5.75 Å². The van der Waals surface area contributed by atoms with Crippen LogP contribution in [0.1, 0.15) is 43.9 Å². The van der Waals surface area contributed by atoms with Gasteiger partial charge in [0.1, 0.15) is 5.75 Å². The van der Waals surface area contributed by atoms with E-state index in [1.54, 1.807) is 26.2 Å². The Labute approximate surface area is 171 Å². The van der Waals surface area contributed by atoms with Crippen LogP contribution in [0, 0.1) is 0 Å². The fourth-order valence-electron chi connectivity index (χ4n) is 3.17. The van der Waals surface area contributed by atoms with E-state index < -0.39 is 10.0 Å². The summed E-state index contributed by atoms with van der Waals surface area (Å²) >= 11 is 0. The molecule has 0 bridgehead atoms. The molecule has 7 nitrogen and oxygen atoms in total. The first-order chi connectivity index (χ1) is 13.9. The summed E-state index contributed by atoms with van der Waals surface area (Å²) in [7, 11) is -1.71. The monoisotopic (exact) mass is 415 g/mol. The van der Waals surface area contributed by atoms with Crippen molar-refractivity contribution in [3.63, 3.8) is 0 Å². The van der Waals surface area contributed by atoms with Crippen LogP contribution in [0.3, 0.4) is 0 Å². The molecule has 3 rings (SSSR count). The summed E-state index contributed by atoms with van der Waals surface area (Å²) in [5, 5.41) is 6.12. The Bertz CT molecular complexity index is 1020. The van der Waals surface area contributed by atoms with Gasteiger partial charge in [0.25, 0.3) is 0 Å². The summed E-state index contributed by atoms with van der Waals surface area (Å²) in [6.45, 7) is 3.40. The molecule has 154 valence electrons. The Balaban J connectivity index is 1.87. The second-order valence-electron chi connectivity index (χ2n) is 6.72. The van der Waals surface area contributed by atoms with E-state index in [0.29, 0.717) is 18.5 Å². The minimum absolute atomic E-state index is 0.0117. The topological polar surface area (TPSA) is 88.1 Å². The van der Waals surface area contributed by atoms with Crippen molar-refractivity contribution >= 4 is 27.3 Å². The molecule has 1 N–H and O–H groups in total. The smallest absolute Gasteiger partial charge is 0.242 e. The number of carbonyl (C=O) groups is 1. The molecule has 0 spiro atoms. The summed E-state index contributed by atoms with van der Waals surface area (Å²) in [5.41, 5.74) is 3.09. The fraction of sp³-hybridized carbons (Fsp3) is 0.333. The van der Waals surface area contributed by atoms with Crippen molar-refractivity contribution in [1.82, 2.24) is 5.01 Å². The molecule has 1 amide bonds. The van der Waals surface area contributed by atoms with E-state index in [4.69, 9.17) is 4.74 Å². The molecule has 0 saturated carbocycles. The number of amides is 1. The summed E-state index contributed by atoms with van der Waals surface area (Å²) in [5.74, 6) is 0.685. The zero-order chi connectivity index (χ0) is 21.0. The predicted octanol–water partition coefficient (Wildman–Crippen LogP) is 3.54. The van der Waals surface area contributed by atoms with Crippen LogP contribution in [-0.2, 0) is 14.8 Å². The van der Waals surface area contributed by atoms with E-state index >= 15 is 0 Å². The van der Waals surface area contributed by atoms with E-state index in [0.717, 1.165) is 22.6 Å². The van der Waals surface area contributed by atoms with E-state index in [1.165, 1.54) is 5.01 Å². The zero-order valence-electron chi connectivity index (χ0n) is 16.8. The summed E-state index contributed by atoms with van der Waals surface area (Å²) < 4.78 is 31.3. The van der Waals surface area contributed by atoms with Gasteiger partial charge in [0.05, 0.1) is 24.6 Å². The lowest BCUT2D eigenvalue weighted by Gasteiger charge is -2.21. The third-order valence-electron chi connectivity index (χ3n) is 4.82. The third-order valence-corrected chi connectivity index (χ3v) is 6.13. The Morgan fingerprint density at radius 1 is 1.21 bits per heavy atom. The van der Waals surface area contributed by atoms with Gasteiger partial charge in [-0.25, -0.2) is 13.4 Å². The van der Waals surface area contributed by atoms with Crippen molar-refractivity contribution in [3.05, 3.63) is 59.7 Å². The van der Waals surface area contributed by atoms with E-state index in [9.17, 15) is 13.2 Å². The number of benzene rings is 2. The number of ether oxygens (including phenoxy) is 1. The Hall–Kier alpha value is -2.87. The predicted molar refractivity (Wildman–Crippen MR) is 114 cm³/mol. The third kappa shape index (κ3) is 4.76. The number of nitrogens with zero attached hydrogens (tertiary/aromatic N) is 2. The van der Waals surface area contributed by atoms with Crippen molar-refractivity contribution in [3.8, 4) is 5.75 Å². The molecule has 1 heterocycles. The molecule has 0 saturated heterocycles. The maximum Gasteiger partial charge on any atom is 0.242 e. The molecule has 0 aliphatic carbocycles. The largest absolute Gasteiger partial charge is 0.497 e. The second kappa shape index (κ2) is 8.65. The molecule has 1 atom stereocenters. The van der Waals surface area contributed by atoms with Gasteiger partial charge in [-0.1, -0.05) is 31.2 Å². The van der Waals surface area contributed by atoms with E-state index in [2.05, 4.69) is 9.82 Å². The number of hydrazone groups is 1. The Morgan fingerprint density at radius 3 is 2.55 bits per heavy atom. The van der Waals surface area contributed by atoms with Gasteiger partial charge in [-0.2, -0.15) is 5.10 Å². The SMILES string of the molecule is CCC(=O)N1N=C(c2ccc(NS(=O)(=O)CC)cc2)C[C@@H]1c1cccc(OC)c1. The highest BCUT2D eigenvalue weighted by Crippen LogP contribution is 2.34. The van der Waals surface area contributed by atoms with Gasteiger partial charge in [0, 0.05) is 18.5 Å². The van der Waals surface area contributed by atoms with Crippen LogP contribution >= 0.6 is 0 Å². The van der Waals surface area contributed by atoms with Crippen LogP contribution in [0.15, 0.2) is 53.6 Å². The van der Waals surface area contributed by atoms with Gasteiger partial charge in [-0.05, 0) is 42.3 Å². The van der Waals surface area contributed by atoms with Crippen molar-refractivity contribution in [2.45, 2.75) is 32.7 Å². The maximum atomic E-state index is 12.5. The van der Waals surface area contributed by atoms with Gasteiger partial charge in [0.2, 0.25) is 15.9 Å². The average molecular weight is 416 g/mol. The number of hydrogen-bond donors (Lipinski definition) is 1. The van der Waals surface area contributed by atoms with E-state index in [1.807, 2.05) is 43.3 Å². The summed E-state index contributed by atoms with van der Waals surface area (Å²) in [6, 6.07) is 14.5. The first-order valence-corrected chi connectivity index (χ1v) is 11.2. The molecular formula is C21H25N3O4S. The van der Waals surface area contributed by atoms with Gasteiger partial charge < -0.3 is 4.74 Å². The molecular weight excluding hydrogens is 390 g/mol. The van der Waals surface area contributed by atoms with Crippen molar-refractivity contribution in [2.24, 2.45) is 5.10 Å². The van der Waals surface area contributed by atoms with Crippen LogP contribution in [0.25, 0.3) is 0 Å². The summed E-state index contributed by atoms with van der Waals surface area (Å²) in [6.07, 6.45) is 0.925. The number of hydrogen-bond acceptors (Lipinski definition) is 5. The number of anilines is 1. The number of sulfonamides is 1. The van der Waals surface area contributed by atoms with Crippen LogP contribution in [0.4, 0.5) is 5.69 Å². The molecule has 0 fully saturated rings. The second-order valence-corrected chi connectivity index (χ2v) is 8.73. The number of nitrogens with one attached hydrogen (secondary N) is 1. The molecule has 0 unspecified atom stereocenters. The first kappa shape index (κ1) is 20.9. The minimum atomic E-state index is -3.32. The molecule has 29 heavy (non-hydrogen) atoms. The lowest BCUT2D eigenvalue weighted by Crippen LogP contribution is -2.26. The van der Waals surface area contributed by atoms with E-state index in [-0.39, 0.29) is 17.7 Å². The maximum absolute atomic E-state index is 12.5. The molecule has 1 aliphatic rings. The van der Waals surface area contributed by atoms with Gasteiger partial charge >= 0.3 is 0 Å². The average Bonchev–Trinajstić information content (AvgIpc) is 3.19. The Morgan fingerprint density at radius 2 is 1.93 bits per heavy atom. The van der Waals surface area contributed by atoms with Crippen LogP contribution in [-0.4, -0.2) is 37.9 Å². The van der Waals surface area contributed by atoms with Crippen molar-refractivity contribution < 1.29 is 17.9 Å². The van der Waals surface area contributed by atoms with Gasteiger partial charge in [-0.3, -0.25) is 9.52 Å². The fourth-order valence-corrected chi connectivity index (χ4v) is 3.81. The number of carbonyl (C=O) groups excluding carboxylic acids is 1. The van der Waals surface area contributed by atoms with Crippen LogP contribution in [0.2, 0.25) is 0 Å².